The van der Waals surface area contributed by atoms with E-state index in [0.717, 1.165) is 26.2 Å². The molecule has 2 fully saturated rings. The van der Waals surface area contributed by atoms with Crippen molar-refractivity contribution in [2.24, 2.45) is 5.41 Å². The molecule has 1 saturated heterocycles. The van der Waals surface area contributed by atoms with Crippen LogP contribution >= 0.6 is 12.4 Å². The normalized spacial score (nSPS) is 21.9. The van der Waals surface area contributed by atoms with Crippen LogP contribution < -0.4 is 4.90 Å². The van der Waals surface area contributed by atoms with E-state index in [1.165, 1.54) is 43.4 Å². The molecule has 4 heteroatoms. The van der Waals surface area contributed by atoms with E-state index in [-0.39, 0.29) is 12.4 Å². The van der Waals surface area contributed by atoms with Crippen LogP contribution in [0.25, 0.3) is 5.57 Å². The maximum Gasteiger partial charge on any atom is 0.146 e. The molecule has 1 aliphatic heterocycles. The van der Waals surface area contributed by atoms with E-state index in [1.54, 1.807) is 5.57 Å². The Balaban J connectivity index is 0.00000196. The van der Waals surface area contributed by atoms with Gasteiger partial charge in [0.15, 0.2) is 0 Å². The molecular formula is C22H31ClN2O. The van der Waals surface area contributed by atoms with Crippen LogP contribution in [0, 0.1) is 5.41 Å². The number of carbonyl (C=O) groups is 1. The van der Waals surface area contributed by atoms with Gasteiger partial charge in [0.1, 0.15) is 5.78 Å². The topological polar surface area (TPSA) is 23.6 Å². The summed E-state index contributed by atoms with van der Waals surface area (Å²) in [7, 11) is 0. The van der Waals surface area contributed by atoms with E-state index in [1.807, 2.05) is 6.92 Å². The summed E-state index contributed by atoms with van der Waals surface area (Å²) in [5, 5.41) is 0. The molecule has 0 radical (unpaired) electrons. The lowest BCUT2D eigenvalue weighted by atomic mass is 9.84. The summed E-state index contributed by atoms with van der Waals surface area (Å²) in [6.07, 6.45) is 9.95. The van der Waals surface area contributed by atoms with Gasteiger partial charge in [-0.15, -0.1) is 12.4 Å². The van der Waals surface area contributed by atoms with Crippen molar-refractivity contribution in [3.05, 3.63) is 35.9 Å². The predicted molar refractivity (Wildman–Crippen MR) is 111 cm³/mol. The van der Waals surface area contributed by atoms with E-state index in [2.05, 4.69) is 40.1 Å². The highest BCUT2D eigenvalue weighted by molar-refractivity contribution is 5.85. The zero-order valence-electron chi connectivity index (χ0n) is 15.9. The quantitative estimate of drug-likeness (QED) is 0.754. The SMILES string of the molecule is CCC(=O)CN1CCN(c2ccccc2C2=CCC3(CC2)CC3)CC1.Cl. The zero-order valence-corrected chi connectivity index (χ0v) is 16.7. The third-order valence-corrected chi connectivity index (χ3v) is 6.42. The Morgan fingerprint density at radius 1 is 1.08 bits per heavy atom. The highest BCUT2D eigenvalue weighted by atomic mass is 35.5. The number of rotatable bonds is 5. The molecule has 0 unspecified atom stereocenters. The van der Waals surface area contributed by atoms with Crippen molar-refractivity contribution in [2.75, 3.05) is 37.6 Å². The Labute approximate surface area is 163 Å². The van der Waals surface area contributed by atoms with E-state index in [4.69, 9.17) is 0 Å². The first-order valence-electron chi connectivity index (χ1n) is 9.97. The van der Waals surface area contributed by atoms with Crippen LogP contribution in [0.3, 0.4) is 0 Å². The van der Waals surface area contributed by atoms with E-state index in [0.29, 0.717) is 24.2 Å². The zero-order chi connectivity index (χ0) is 17.3. The van der Waals surface area contributed by atoms with Crippen molar-refractivity contribution in [3.63, 3.8) is 0 Å². The Morgan fingerprint density at radius 2 is 1.81 bits per heavy atom. The average Bonchev–Trinajstić information content (AvgIpc) is 3.42. The van der Waals surface area contributed by atoms with E-state index in [9.17, 15) is 4.79 Å². The van der Waals surface area contributed by atoms with Gasteiger partial charge in [0.05, 0.1) is 6.54 Å². The second-order valence-corrected chi connectivity index (χ2v) is 8.11. The fourth-order valence-electron chi connectivity index (χ4n) is 4.35. The third kappa shape index (κ3) is 4.15. The van der Waals surface area contributed by atoms with Gasteiger partial charge in [-0.3, -0.25) is 9.69 Å². The monoisotopic (exact) mass is 374 g/mol. The van der Waals surface area contributed by atoms with Gasteiger partial charge in [0.2, 0.25) is 0 Å². The van der Waals surface area contributed by atoms with Crippen molar-refractivity contribution in [1.29, 1.82) is 0 Å². The van der Waals surface area contributed by atoms with Crippen LogP contribution in [0.4, 0.5) is 5.69 Å². The molecule has 2 aliphatic carbocycles. The van der Waals surface area contributed by atoms with Crippen LogP contribution in [-0.2, 0) is 4.79 Å². The van der Waals surface area contributed by atoms with Gasteiger partial charge in [-0.05, 0) is 49.2 Å². The van der Waals surface area contributed by atoms with Crippen LogP contribution in [-0.4, -0.2) is 43.4 Å². The summed E-state index contributed by atoms with van der Waals surface area (Å²) in [5.41, 5.74) is 5.07. The molecule has 0 bridgehead atoms. The van der Waals surface area contributed by atoms with Gasteiger partial charge >= 0.3 is 0 Å². The summed E-state index contributed by atoms with van der Waals surface area (Å²) in [6.45, 7) is 6.60. The largest absolute Gasteiger partial charge is 0.368 e. The number of hydrogen-bond donors (Lipinski definition) is 0. The minimum Gasteiger partial charge on any atom is -0.368 e. The number of Topliss-reactive ketones (excluding diaryl/α,β-unsaturated/α-hetero) is 1. The van der Waals surface area contributed by atoms with Gasteiger partial charge in [0, 0.05) is 43.9 Å². The Hall–Kier alpha value is -1.32. The van der Waals surface area contributed by atoms with Crippen LogP contribution in [0.2, 0.25) is 0 Å². The summed E-state index contributed by atoms with van der Waals surface area (Å²) < 4.78 is 0. The first-order chi connectivity index (χ1) is 12.2. The van der Waals surface area contributed by atoms with Crippen molar-refractivity contribution < 1.29 is 4.79 Å². The molecule has 0 N–H and O–H groups in total. The number of anilines is 1. The number of benzene rings is 1. The van der Waals surface area contributed by atoms with Crippen LogP contribution in [0.1, 0.15) is 51.0 Å². The fraction of sp³-hybridized carbons (Fsp3) is 0.591. The second kappa shape index (κ2) is 8.14. The van der Waals surface area contributed by atoms with Gasteiger partial charge in [-0.25, -0.2) is 0 Å². The van der Waals surface area contributed by atoms with Crippen molar-refractivity contribution in [2.45, 2.75) is 45.4 Å². The number of ketones is 1. The molecule has 1 spiro atoms. The molecule has 1 heterocycles. The van der Waals surface area contributed by atoms with Gasteiger partial charge < -0.3 is 4.90 Å². The molecule has 3 aliphatic rings. The lowest BCUT2D eigenvalue weighted by Gasteiger charge is -2.37. The number of carbonyl (C=O) groups excluding carboxylic acids is 1. The smallest absolute Gasteiger partial charge is 0.146 e. The molecule has 0 aromatic heterocycles. The second-order valence-electron chi connectivity index (χ2n) is 8.11. The first-order valence-corrected chi connectivity index (χ1v) is 9.97. The number of piperazine rings is 1. The molecule has 4 rings (SSSR count). The Morgan fingerprint density at radius 3 is 2.42 bits per heavy atom. The highest BCUT2D eigenvalue weighted by Crippen LogP contribution is 2.56. The van der Waals surface area contributed by atoms with Crippen molar-refractivity contribution in [1.82, 2.24) is 4.90 Å². The summed E-state index contributed by atoms with van der Waals surface area (Å²) in [5.74, 6) is 0.357. The maximum atomic E-state index is 11.7. The molecule has 1 aromatic carbocycles. The molecule has 3 nitrogen and oxygen atoms in total. The number of allylic oxidation sites excluding steroid dienone is 2. The average molecular weight is 375 g/mol. The van der Waals surface area contributed by atoms with Crippen LogP contribution in [0.15, 0.2) is 30.3 Å². The van der Waals surface area contributed by atoms with Gasteiger partial charge in [-0.2, -0.15) is 0 Å². The molecule has 142 valence electrons. The number of hydrogen-bond acceptors (Lipinski definition) is 3. The van der Waals surface area contributed by atoms with Crippen molar-refractivity contribution >= 4 is 29.5 Å². The van der Waals surface area contributed by atoms with Gasteiger partial charge in [-0.1, -0.05) is 31.2 Å². The number of halogens is 1. The lowest BCUT2D eigenvalue weighted by molar-refractivity contribution is -0.119. The molecule has 0 atom stereocenters. The summed E-state index contributed by atoms with van der Waals surface area (Å²) in [6, 6.07) is 8.93. The number of para-hydroxylation sites is 1. The van der Waals surface area contributed by atoms with E-state index < -0.39 is 0 Å². The molecular weight excluding hydrogens is 344 g/mol. The summed E-state index contributed by atoms with van der Waals surface area (Å²) >= 11 is 0. The molecule has 1 saturated carbocycles. The lowest BCUT2D eigenvalue weighted by Crippen LogP contribution is -2.48. The predicted octanol–water partition coefficient (Wildman–Crippen LogP) is 4.56. The standard InChI is InChI=1S/C22H30N2O.ClH/c1-2-19(25)17-23-13-15-24(16-14-23)21-6-4-3-5-20(21)18-7-9-22(10-8-18)11-12-22;/h3-7H,2,8-17H2,1H3;1H. The van der Waals surface area contributed by atoms with Gasteiger partial charge in [0.25, 0.3) is 0 Å². The van der Waals surface area contributed by atoms with Crippen molar-refractivity contribution in [3.8, 4) is 0 Å². The molecule has 0 amide bonds. The maximum absolute atomic E-state index is 11.7. The number of nitrogens with zero attached hydrogens (tertiary/aromatic N) is 2. The summed E-state index contributed by atoms with van der Waals surface area (Å²) in [4.78, 5) is 16.5. The van der Waals surface area contributed by atoms with Crippen LogP contribution in [0.5, 0.6) is 0 Å². The Bertz CT molecular complexity index is 672. The van der Waals surface area contributed by atoms with E-state index >= 15 is 0 Å². The first kappa shape index (κ1) is 19.4. The highest BCUT2D eigenvalue weighted by Gasteiger charge is 2.42. The molecule has 26 heavy (non-hydrogen) atoms. The minimum atomic E-state index is 0. The Kier molecular flexibility index (Phi) is 6.09. The molecule has 1 aromatic rings. The minimum absolute atomic E-state index is 0. The third-order valence-electron chi connectivity index (χ3n) is 6.42. The fourth-order valence-corrected chi connectivity index (χ4v) is 4.35.